The van der Waals surface area contributed by atoms with Crippen LogP contribution in [0.2, 0.25) is 0 Å². The normalized spacial score (nSPS) is 17.9. The fraction of sp³-hybridized carbons (Fsp3) is 0.647. The molecule has 1 fully saturated rings. The van der Waals surface area contributed by atoms with E-state index in [0.29, 0.717) is 0 Å². The van der Waals surface area contributed by atoms with E-state index in [1.807, 2.05) is 0 Å². The van der Waals surface area contributed by atoms with E-state index < -0.39 is 0 Å². The minimum atomic E-state index is 0.759. The van der Waals surface area contributed by atoms with Crippen molar-refractivity contribution in [2.45, 2.75) is 46.0 Å². The molecule has 106 valence electrons. The quantitative estimate of drug-likeness (QED) is 0.901. The van der Waals surface area contributed by atoms with E-state index in [4.69, 9.17) is 5.73 Å². The van der Waals surface area contributed by atoms with Crippen LogP contribution in [0, 0.1) is 20.8 Å². The lowest BCUT2D eigenvalue weighted by atomic mass is 9.83. The maximum absolute atomic E-state index is 5.59. The van der Waals surface area contributed by atoms with Gasteiger partial charge in [0.1, 0.15) is 0 Å². The summed E-state index contributed by atoms with van der Waals surface area (Å²) in [5.41, 5.74) is 11.6. The molecule has 0 bridgehead atoms. The van der Waals surface area contributed by atoms with Gasteiger partial charge in [0, 0.05) is 0 Å². The third-order valence-electron chi connectivity index (χ3n) is 4.41. The van der Waals surface area contributed by atoms with E-state index in [-0.39, 0.29) is 0 Å². The monoisotopic (exact) mass is 260 g/mol. The SMILES string of the molecule is Cc1cc(C)c(C2CCN(CCCN)CC2)c(C)c1. The second-order valence-corrected chi connectivity index (χ2v) is 6.07. The first-order valence-corrected chi connectivity index (χ1v) is 7.62. The zero-order valence-corrected chi connectivity index (χ0v) is 12.7. The summed E-state index contributed by atoms with van der Waals surface area (Å²) < 4.78 is 0. The number of hydrogen-bond donors (Lipinski definition) is 1. The van der Waals surface area contributed by atoms with Crippen molar-refractivity contribution in [1.29, 1.82) is 0 Å². The summed E-state index contributed by atoms with van der Waals surface area (Å²) in [6.45, 7) is 11.2. The molecule has 1 heterocycles. The summed E-state index contributed by atoms with van der Waals surface area (Å²) >= 11 is 0. The van der Waals surface area contributed by atoms with Gasteiger partial charge in [0.15, 0.2) is 0 Å². The summed E-state index contributed by atoms with van der Waals surface area (Å²) in [6, 6.07) is 4.67. The summed E-state index contributed by atoms with van der Waals surface area (Å²) in [4.78, 5) is 2.57. The number of aryl methyl sites for hydroxylation is 3. The van der Waals surface area contributed by atoms with Crippen LogP contribution in [0.1, 0.15) is 47.4 Å². The Morgan fingerprint density at radius 3 is 2.21 bits per heavy atom. The molecule has 2 nitrogen and oxygen atoms in total. The van der Waals surface area contributed by atoms with Crippen LogP contribution in [0.15, 0.2) is 12.1 Å². The van der Waals surface area contributed by atoms with Gasteiger partial charge in [-0.1, -0.05) is 17.7 Å². The number of nitrogens with two attached hydrogens (primary N) is 1. The molecule has 2 N–H and O–H groups in total. The summed E-state index contributed by atoms with van der Waals surface area (Å²) in [5, 5.41) is 0. The molecule has 0 aromatic heterocycles. The molecule has 1 aliphatic heterocycles. The highest BCUT2D eigenvalue weighted by molar-refractivity contribution is 5.40. The molecule has 1 aromatic rings. The highest BCUT2D eigenvalue weighted by Gasteiger charge is 2.22. The first-order chi connectivity index (χ1) is 9.11. The van der Waals surface area contributed by atoms with E-state index in [2.05, 4.69) is 37.8 Å². The molecule has 19 heavy (non-hydrogen) atoms. The molecule has 0 radical (unpaired) electrons. The Hall–Kier alpha value is -0.860. The third kappa shape index (κ3) is 3.58. The fourth-order valence-electron chi connectivity index (χ4n) is 3.60. The Kier molecular flexibility index (Phi) is 5.00. The Morgan fingerprint density at radius 2 is 1.68 bits per heavy atom. The summed E-state index contributed by atoms with van der Waals surface area (Å²) in [5.74, 6) is 0.759. The summed E-state index contributed by atoms with van der Waals surface area (Å²) in [6.07, 6.45) is 3.73. The standard InChI is InChI=1S/C17H28N2/c1-13-11-14(2)17(15(3)12-13)16-5-9-19(10-6-16)8-4-7-18/h11-12,16H,4-10,18H2,1-3H3. The van der Waals surface area contributed by atoms with Crippen LogP contribution in [-0.4, -0.2) is 31.1 Å². The number of likely N-dealkylation sites (tertiary alicyclic amines) is 1. The van der Waals surface area contributed by atoms with Crippen molar-refractivity contribution in [3.63, 3.8) is 0 Å². The second kappa shape index (κ2) is 6.53. The van der Waals surface area contributed by atoms with Crippen molar-refractivity contribution < 1.29 is 0 Å². The van der Waals surface area contributed by atoms with Gasteiger partial charge in [0.2, 0.25) is 0 Å². The van der Waals surface area contributed by atoms with Crippen molar-refractivity contribution in [3.05, 3.63) is 34.4 Å². The smallest absolute Gasteiger partial charge is 0.000671 e. The van der Waals surface area contributed by atoms with Crippen LogP contribution in [0.5, 0.6) is 0 Å². The number of nitrogens with zero attached hydrogens (tertiary/aromatic N) is 1. The average Bonchev–Trinajstić information content (AvgIpc) is 2.36. The third-order valence-corrected chi connectivity index (χ3v) is 4.41. The van der Waals surface area contributed by atoms with Gasteiger partial charge in [0.25, 0.3) is 0 Å². The van der Waals surface area contributed by atoms with Gasteiger partial charge in [-0.3, -0.25) is 0 Å². The van der Waals surface area contributed by atoms with Crippen molar-refractivity contribution in [3.8, 4) is 0 Å². The summed E-state index contributed by atoms with van der Waals surface area (Å²) in [7, 11) is 0. The molecule has 1 aromatic carbocycles. The van der Waals surface area contributed by atoms with Gasteiger partial charge in [-0.25, -0.2) is 0 Å². The van der Waals surface area contributed by atoms with Gasteiger partial charge in [0.05, 0.1) is 0 Å². The molecule has 0 unspecified atom stereocenters. The molecule has 2 heteroatoms. The topological polar surface area (TPSA) is 29.3 Å². The first-order valence-electron chi connectivity index (χ1n) is 7.62. The van der Waals surface area contributed by atoms with Gasteiger partial charge >= 0.3 is 0 Å². The number of benzene rings is 1. The van der Waals surface area contributed by atoms with Gasteiger partial charge in [-0.15, -0.1) is 0 Å². The van der Waals surface area contributed by atoms with Gasteiger partial charge in [-0.05, 0) is 88.8 Å². The fourth-order valence-corrected chi connectivity index (χ4v) is 3.60. The molecular weight excluding hydrogens is 232 g/mol. The van der Waals surface area contributed by atoms with Crippen molar-refractivity contribution in [2.24, 2.45) is 5.73 Å². The second-order valence-electron chi connectivity index (χ2n) is 6.07. The van der Waals surface area contributed by atoms with E-state index in [1.165, 1.54) is 49.2 Å². The Labute approximate surface area is 118 Å². The van der Waals surface area contributed by atoms with Crippen LogP contribution >= 0.6 is 0 Å². The molecule has 1 aliphatic rings. The number of hydrogen-bond acceptors (Lipinski definition) is 2. The van der Waals surface area contributed by atoms with Crippen LogP contribution < -0.4 is 5.73 Å². The highest BCUT2D eigenvalue weighted by atomic mass is 15.1. The Bertz CT molecular complexity index is 394. The predicted octanol–water partition coefficient (Wildman–Crippen LogP) is 3.14. The van der Waals surface area contributed by atoms with E-state index in [0.717, 1.165) is 18.9 Å². The molecule has 0 saturated carbocycles. The van der Waals surface area contributed by atoms with Crippen molar-refractivity contribution >= 4 is 0 Å². The number of rotatable bonds is 4. The minimum absolute atomic E-state index is 0.759. The largest absolute Gasteiger partial charge is 0.330 e. The molecule has 2 rings (SSSR count). The van der Waals surface area contributed by atoms with Crippen molar-refractivity contribution in [1.82, 2.24) is 4.90 Å². The minimum Gasteiger partial charge on any atom is -0.330 e. The molecule has 0 atom stereocenters. The van der Waals surface area contributed by atoms with Crippen LogP contribution in [0.4, 0.5) is 0 Å². The Morgan fingerprint density at radius 1 is 1.11 bits per heavy atom. The molecule has 0 spiro atoms. The number of piperidine rings is 1. The molecular formula is C17H28N2. The van der Waals surface area contributed by atoms with Gasteiger partial charge in [-0.2, -0.15) is 0 Å². The van der Waals surface area contributed by atoms with Crippen LogP contribution in [-0.2, 0) is 0 Å². The maximum Gasteiger partial charge on any atom is -0.000671 e. The van der Waals surface area contributed by atoms with E-state index >= 15 is 0 Å². The predicted molar refractivity (Wildman–Crippen MR) is 82.7 cm³/mol. The molecule has 0 aliphatic carbocycles. The lowest BCUT2D eigenvalue weighted by Gasteiger charge is -2.33. The zero-order chi connectivity index (χ0) is 13.8. The maximum atomic E-state index is 5.59. The Balaban J connectivity index is 2.02. The molecule has 0 amide bonds. The van der Waals surface area contributed by atoms with Crippen molar-refractivity contribution in [2.75, 3.05) is 26.2 Å². The van der Waals surface area contributed by atoms with E-state index in [1.54, 1.807) is 5.56 Å². The highest BCUT2D eigenvalue weighted by Crippen LogP contribution is 2.33. The zero-order valence-electron chi connectivity index (χ0n) is 12.7. The first kappa shape index (κ1) is 14.5. The van der Waals surface area contributed by atoms with E-state index in [9.17, 15) is 0 Å². The molecule has 1 saturated heterocycles. The van der Waals surface area contributed by atoms with Crippen LogP contribution in [0.25, 0.3) is 0 Å². The van der Waals surface area contributed by atoms with Crippen LogP contribution in [0.3, 0.4) is 0 Å². The average molecular weight is 260 g/mol. The lowest BCUT2D eigenvalue weighted by molar-refractivity contribution is 0.211. The van der Waals surface area contributed by atoms with Gasteiger partial charge < -0.3 is 10.6 Å². The lowest BCUT2D eigenvalue weighted by Crippen LogP contribution is -2.34.